The summed E-state index contributed by atoms with van der Waals surface area (Å²) in [6, 6.07) is 13.5. The second-order valence-electron chi connectivity index (χ2n) is 6.28. The van der Waals surface area contributed by atoms with Gasteiger partial charge >= 0.3 is 16.1 Å². The lowest BCUT2D eigenvalue weighted by molar-refractivity contribution is 0.193. The summed E-state index contributed by atoms with van der Waals surface area (Å²) in [5.41, 5.74) is 1.44. The Kier molecular flexibility index (Phi) is 6.68. The number of methoxy groups -OCH3 is 1. The predicted octanol–water partition coefficient (Wildman–Crippen LogP) is 3.48. The van der Waals surface area contributed by atoms with Crippen LogP contribution in [0, 0.1) is 0 Å². The van der Waals surface area contributed by atoms with Crippen LogP contribution in [0.25, 0.3) is 0 Å². The molecule has 2 rings (SSSR count). The SMILES string of the molecule is COc1ccccc1NC(=O)N(Cc1ccc(OS(C)(=O)=O)cc1)C(C)C. The summed E-state index contributed by atoms with van der Waals surface area (Å²) in [4.78, 5) is 14.4. The van der Waals surface area contributed by atoms with Crippen molar-refractivity contribution in [3.05, 3.63) is 54.1 Å². The van der Waals surface area contributed by atoms with Crippen LogP contribution in [0.1, 0.15) is 19.4 Å². The van der Waals surface area contributed by atoms with Crippen molar-refractivity contribution in [2.45, 2.75) is 26.4 Å². The van der Waals surface area contributed by atoms with Gasteiger partial charge in [-0.3, -0.25) is 0 Å². The number of amides is 2. The molecule has 0 aromatic heterocycles. The number of hydrogen-bond acceptors (Lipinski definition) is 5. The van der Waals surface area contributed by atoms with Crippen molar-refractivity contribution < 1.29 is 22.1 Å². The molecule has 2 amide bonds. The number of urea groups is 1. The van der Waals surface area contributed by atoms with Crippen molar-refractivity contribution in [2.24, 2.45) is 0 Å². The number of ether oxygens (including phenoxy) is 1. The molecule has 7 nitrogen and oxygen atoms in total. The van der Waals surface area contributed by atoms with Crippen molar-refractivity contribution in [1.29, 1.82) is 0 Å². The number of para-hydroxylation sites is 2. The molecule has 0 spiro atoms. The zero-order valence-electron chi connectivity index (χ0n) is 15.8. The maximum absolute atomic E-state index is 12.7. The van der Waals surface area contributed by atoms with Crippen molar-refractivity contribution in [3.63, 3.8) is 0 Å². The van der Waals surface area contributed by atoms with E-state index in [0.717, 1.165) is 11.8 Å². The lowest BCUT2D eigenvalue weighted by atomic mass is 10.2. The van der Waals surface area contributed by atoms with Crippen molar-refractivity contribution in [1.82, 2.24) is 4.90 Å². The Morgan fingerprint density at radius 3 is 2.30 bits per heavy atom. The van der Waals surface area contributed by atoms with Gasteiger partial charge in [-0.2, -0.15) is 8.42 Å². The Bertz CT molecular complexity index is 879. The lowest BCUT2D eigenvalue weighted by Crippen LogP contribution is -2.39. The van der Waals surface area contributed by atoms with Gasteiger partial charge in [-0.05, 0) is 43.7 Å². The van der Waals surface area contributed by atoms with E-state index in [2.05, 4.69) is 5.32 Å². The predicted molar refractivity (Wildman–Crippen MR) is 105 cm³/mol. The van der Waals surface area contributed by atoms with Crippen LogP contribution in [0.15, 0.2) is 48.5 Å². The Morgan fingerprint density at radius 2 is 1.74 bits per heavy atom. The standard InChI is InChI=1S/C19H24N2O5S/c1-14(2)21(19(22)20-17-7-5-6-8-18(17)25-3)13-15-9-11-16(12-10-15)26-27(4,23)24/h5-12,14H,13H2,1-4H3,(H,20,22). The Morgan fingerprint density at radius 1 is 1.11 bits per heavy atom. The highest BCUT2D eigenvalue weighted by atomic mass is 32.2. The van der Waals surface area contributed by atoms with Gasteiger partial charge in [-0.1, -0.05) is 24.3 Å². The molecule has 0 atom stereocenters. The summed E-state index contributed by atoms with van der Waals surface area (Å²) < 4.78 is 32.4. The molecule has 0 aliphatic heterocycles. The van der Waals surface area contributed by atoms with Gasteiger partial charge in [0.15, 0.2) is 0 Å². The zero-order chi connectivity index (χ0) is 20.0. The fraction of sp³-hybridized carbons (Fsp3) is 0.316. The quantitative estimate of drug-likeness (QED) is 0.729. The van der Waals surface area contributed by atoms with Crippen LogP contribution >= 0.6 is 0 Å². The first-order chi connectivity index (χ1) is 12.7. The molecule has 0 radical (unpaired) electrons. The second kappa shape index (κ2) is 8.77. The summed E-state index contributed by atoms with van der Waals surface area (Å²) in [6.07, 6.45) is 0.990. The Hall–Kier alpha value is -2.74. The first-order valence-electron chi connectivity index (χ1n) is 8.38. The summed E-state index contributed by atoms with van der Waals surface area (Å²) in [7, 11) is -2.02. The minimum absolute atomic E-state index is 0.0494. The molecular formula is C19H24N2O5S. The van der Waals surface area contributed by atoms with E-state index in [1.54, 1.807) is 48.4 Å². The van der Waals surface area contributed by atoms with Crippen LogP contribution in [0.5, 0.6) is 11.5 Å². The third-order valence-corrected chi connectivity index (χ3v) is 4.25. The zero-order valence-corrected chi connectivity index (χ0v) is 16.6. The van der Waals surface area contributed by atoms with E-state index in [4.69, 9.17) is 8.92 Å². The van der Waals surface area contributed by atoms with Gasteiger partial charge in [-0.15, -0.1) is 0 Å². The topological polar surface area (TPSA) is 84.9 Å². The van der Waals surface area contributed by atoms with Gasteiger partial charge in [0.25, 0.3) is 0 Å². The van der Waals surface area contributed by atoms with E-state index in [1.807, 2.05) is 26.0 Å². The molecule has 0 unspecified atom stereocenters. The van der Waals surface area contributed by atoms with Crippen LogP contribution in [-0.2, 0) is 16.7 Å². The van der Waals surface area contributed by atoms with E-state index in [9.17, 15) is 13.2 Å². The third kappa shape index (κ3) is 6.18. The highest BCUT2D eigenvalue weighted by molar-refractivity contribution is 7.86. The highest BCUT2D eigenvalue weighted by Crippen LogP contribution is 2.24. The minimum atomic E-state index is -3.57. The number of carbonyl (C=O) groups excluding carboxylic acids is 1. The number of nitrogens with zero attached hydrogens (tertiary/aromatic N) is 1. The molecule has 0 heterocycles. The number of benzene rings is 2. The Labute approximate surface area is 160 Å². The monoisotopic (exact) mass is 392 g/mol. The Balaban J connectivity index is 2.12. The fourth-order valence-corrected chi connectivity index (χ4v) is 2.91. The molecule has 8 heteroatoms. The largest absolute Gasteiger partial charge is 0.495 e. The molecule has 146 valence electrons. The van der Waals surface area contributed by atoms with E-state index in [0.29, 0.717) is 18.0 Å². The smallest absolute Gasteiger partial charge is 0.322 e. The van der Waals surface area contributed by atoms with Gasteiger partial charge in [-0.25, -0.2) is 4.79 Å². The first-order valence-corrected chi connectivity index (χ1v) is 10.2. The van der Waals surface area contributed by atoms with Crippen molar-refractivity contribution in [3.8, 4) is 11.5 Å². The normalized spacial score (nSPS) is 11.1. The summed E-state index contributed by atoms with van der Waals surface area (Å²) in [6.45, 7) is 4.20. The molecular weight excluding hydrogens is 368 g/mol. The number of nitrogens with one attached hydrogen (secondary N) is 1. The van der Waals surface area contributed by atoms with Gasteiger partial charge < -0.3 is 19.1 Å². The van der Waals surface area contributed by atoms with E-state index in [1.165, 1.54) is 0 Å². The van der Waals surface area contributed by atoms with E-state index >= 15 is 0 Å². The van der Waals surface area contributed by atoms with Gasteiger partial charge in [0.2, 0.25) is 0 Å². The maximum Gasteiger partial charge on any atom is 0.322 e. The van der Waals surface area contributed by atoms with Gasteiger partial charge in [0.05, 0.1) is 19.1 Å². The molecule has 1 N–H and O–H groups in total. The van der Waals surface area contributed by atoms with Crippen molar-refractivity contribution >= 4 is 21.8 Å². The van der Waals surface area contributed by atoms with Gasteiger partial charge in [0, 0.05) is 12.6 Å². The molecule has 0 bridgehead atoms. The summed E-state index contributed by atoms with van der Waals surface area (Å²) in [5.74, 6) is 0.813. The van der Waals surface area contributed by atoms with Crippen LogP contribution in [0.4, 0.5) is 10.5 Å². The average molecular weight is 392 g/mol. The lowest BCUT2D eigenvalue weighted by Gasteiger charge is -2.27. The third-order valence-electron chi connectivity index (χ3n) is 3.76. The fourth-order valence-electron chi connectivity index (χ4n) is 2.45. The summed E-state index contributed by atoms with van der Waals surface area (Å²) in [5, 5.41) is 2.86. The van der Waals surface area contributed by atoms with Crippen LogP contribution in [0.3, 0.4) is 0 Å². The van der Waals surface area contributed by atoms with E-state index < -0.39 is 10.1 Å². The first kappa shape index (κ1) is 20.6. The van der Waals surface area contributed by atoms with Crippen LogP contribution < -0.4 is 14.2 Å². The van der Waals surface area contributed by atoms with E-state index in [-0.39, 0.29) is 17.8 Å². The molecule has 0 saturated carbocycles. The van der Waals surface area contributed by atoms with Crippen LogP contribution in [-0.4, -0.2) is 38.8 Å². The number of carbonyl (C=O) groups is 1. The summed E-state index contributed by atoms with van der Waals surface area (Å²) >= 11 is 0. The highest BCUT2D eigenvalue weighted by Gasteiger charge is 2.19. The molecule has 2 aromatic carbocycles. The molecule has 0 fully saturated rings. The maximum atomic E-state index is 12.7. The number of rotatable bonds is 7. The molecule has 2 aromatic rings. The van der Waals surface area contributed by atoms with Gasteiger partial charge in [0.1, 0.15) is 11.5 Å². The average Bonchev–Trinajstić information content (AvgIpc) is 2.59. The second-order valence-corrected chi connectivity index (χ2v) is 7.86. The van der Waals surface area contributed by atoms with Crippen LogP contribution in [0.2, 0.25) is 0 Å². The molecule has 0 saturated heterocycles. The minimum Gasteiger partial charge on any atom is -0.495 e. The molecule has 0 aliphatic carbocycles. The van der Waals surface area contributed by atoms with Crippen molar-refractivity contribution in [2.75, 3.05) is 18.7 Å². The molecule has 27 heavy (non-hydrogen) atoms. The number of anilines is 1. The molecule has 0 aliphatic rings. The number of hydrogen-bond donors (Lipinski definition) is 1.